The molecule has 1 N–H and O–H groups in total. The zero-order valence-corrected chi connectivity index (χ0v) is 25.1. The molecule has 9 heteroatoms. The lowest BCUT2D eigenvalue weighted by atomic mass is 10.1. The summed E-state index contributed by atoms with van der Waals surface area (Å²) in [6.07, 6.45) is 0. The third kappa shape index (κ3) is 7.63. The van der Waals surface area contributed by atoms with Gasteiger partial charge >= 0.3 is 0 Å². The first-order valence-corrected chi connectivity index (χ1v) is 14.6. The number of carbonyl (C=O) groups is 2. The van der Waals surface area contributed by atoms with Crippen LogP contribution in [-0.4, -0.2) is 50.4 Å². The summed E-state index contributed by atoms with van der Waals surface area (Å²) in [5.74, 6) is -0.554. The zero-order chi connectivity index (χ0) is 29.7. The number of hydrogen-bond acceptors (Lipinski definition) is 5. The van der Waals surface area contributed by atoms with Gasteiger partial charge in [0.2, 0.25) is 11.8 Å². The molecule has 0 unspecified atom stereocenters. The van der Waals surface area contributed by atoms with Crippen molar-refractivity contribution in [2.75, 3.05) is 18.0 Å². The van der Waals surface area contributed by atoms with Gasteiger partial charge in [0.15, 0.2) is 0 Å². The Bertz CT molecular complexity index is 1450. The van der Waals surface area contributed by atoms with Gasteiger partial charge in [-0.1, -0.05) is 54.1 Å². The normalized spacial score (nSPS) is 12.4. The number of hydrogen-bond donors (Lipinski definition) is 1. The van der Waals surface area contributed by atoms with Gasteiger partial charge in [0.25, 0.3) is 10.0 Å². The van der Waals surface area contributed by atoms with E-state index >= 15 is 0 Å². The topological polar surface area (TPSA) is 96.0 Å². The minimum atomic E-state index is -4.18. The molecule has 0 aliphatic heterocycles. The molecule has 0 radical (unpaired) electrons. The van der Waals surface area contributed by atoms with Crippen molar-refractivity contribution in [3.63, 3.8) is 0 Å². The van der Waals surface area contributed by atoms with Crippen LogP contribution in [0.1, 0.15) is 44.4 Å². The average molecular weight is 566 g/mol. The summed E-state index contributed by atoms with van der Waals surface area (Å²) in [7, 11) is -2.73. The van der Waals surface area contributed by atoms with Gasteiger partial charge in [0, 0.05) is 12.1 Å². The van der Waals surface area contributed by atoms with Gasteiger partial charge in [0.1, 0.15) is 18.3 Å². The fourth-order valence-electron chi connectivity index (χ4n) is 4.29. The Hall–Kier alpha value is -3.85. The number of rotatable bonds is 10. The highest BCUT2D eigenvalue weighted by Crippen LogP contribution is 2.33. The molecule has 0 fully saturated rings. The van der Waals surface area contributed by atoms with E-state index in [0.717, 1.165) is 21.0 Å². The molecule has 214 valence electrons. The number of anilines is 1. The molecule has 8 nitrogen and oxygen atoms in total. The lowest BCUT2D eigenvalue weighted by molar-refractivity contribution is -0.140. The highest BCUT2D eigenvalue weighted by Gasteiger charge is 2.34. The van der Waals surface area contributed by atoms with E-state index in [1.165, 1.54) is 24.1 Å². The van der Waals surface area contributed by atoms with Crippen LogP contribution >= 0.6 is 0 Å². The molecule has 1 atom stereocenters. The minimum absolute atomic E-state index is 0.0371. The van der Waals surface area contributed by atoms with E-state index in [1.807, 2.05) is 58.9 Å². The fourth-order valence-corrected chi connectivity index (χ4v) is 5.73. The van der Waals surface area contributed by atoms with Gasteiger partial charge in [-0.15, -0.1) is 0 Å². The second-order valence-corrected chi connectivity index (χ2v) is 12.8. The Labute approximate surface area is 238 Å². The number of ether oxygens (including phenoxy) is 1. The van der Waals surface area contributed by atoms with Crippen LogP contribution in [0, 0.1) is 13.8 Å². The van der Waals surface area contributed by atoms with E-state index in [4.69, 9.17) is 4.74 Å². The van der Waals surface area contributed by atoms with Crippen molar-refractivity contribution < 1.29 is 22.7 Å². The van der Waals surface area contributed by atoms with E-state index in [0.29, 0.717) is 5.75 Å². The number of amides is 2. The largest absolute Gasteiger partial charge is 0.495 e. The quantitative estimate of drug-likeness (QED) is 0.380. The van der Waals surface area contributed by atoms with Crippen molar-refractivity contribution in [2.24, 2.45) is 0 Å². The van der Waals surface area contributed by atoms with Crippen LogP contribution in [0.15, 0.2) is 77.7 Å². The maximum Gasteiger partial charge on any atom is 0.264 e. The third-order valence-electron chi connectivity index (χ3n) is 6.31. The Kier molecular flexibility index (Phi) is 9.63. The molecule has 0 bridgehead atoms. The zero-order valence-electron chi connectivity index (χ0n) is 24.3. The van der Waals surface area contributed by atoms with Crippen molar-refractivity contribution in [1.82, 2.24) is 10.2 Å². The Morgan fingerprint density at radius 2 is 1.57 bits per heavy atom. The van der Waals surface area contributed by atoms with Crippen molar-refractivity contribution in [1.29, 1.82) is 0 Å². The number of nitrogens with one attached hydrogen (secondary N) is 1. The highest BCUT2D eigenvalue weighted by atomic mass is 32.2. The standard InChI is InChI=1S/C31H39N3O5S/c1-22-12-11-13-25(18-22)20-33(24(3)30(36)32-31(4,5)6)29(35)21-34(27-19-23(2)16-17-28(27)39-7)40(37,38)26-14-9-8-10-15-26/h8-19,24H,20-21H2,1-7H3,(H,32,36)/t24-/m0/s1. The SMILES string of the molecule is COc1ccc(C)cc1N(CC(=O)N(Cc1cccc(C)c1)[C@@H](C)C(=O)NC(C)(C)C)S(=O)(=O)c1ccccc1. The molecular weight excluding hydrogens is 526 g/mol. The number of aryl methyl sites for hydroxylation is 2. The second-order valence-electron chi connectivity index (χ2n) is 10.9. The number of nitrogens with zero attached hydrogens (tertiary/aromatic N) is 2. The molecule has 0 saturated heterocycles. The Morgan fingerprint density at radius 3 is 2.17 bits per heavy atom. The molecular formula is C31H39N3O5S. The van der Waals surface area contributed by atoms with E-state index in [1.54, 1.807) is 43.3 Å². The average Bonchev–Trinajstić information content (AvgIpc) is 2.89. The highest BCUT2D eigenvalue weighted by molar-refractivity contribution is 7.92. The van der Waals surface area contributed by atoms with E-state index in [2.05, 4.69) is 5.32 Å². The van der Waals surface area contributed by atoms with Crippen molar-refractivity contribution in [3.8, 4) is 5.75 Å². The summed E-state index contributed by atoms with van der Waals surface area (Å²) in [6, 6.07) is 19.9. The van der Waals surface area contributed by atoms with Gasteiger partial charge in [-0.3, -0.25) is 13.9 Å². The molecule has 0 spiro atoms. The molecule has 0 aliphatic rings. The second kappa shape index (κ2) is 12.6. The minimum Gasteiger partial charge on any atom is -0.495 e. The molecule has 40 heavy (non-hydrogen) atoms. The monoisotopic (exact) mass is 565 g/mol. The van der Waals surface area contributed by atoms with Gasteiger partial charge in [-0.25, -0.2) is 8.42 Å². The van der Waals surface area contributed by atoms with Gasteiger partial charge in [-0.2, -0.15) is 0 Å². The lowest BCUT2D eigenvalue weighted by Crippen LogP contribution is -2.54. The maximum absolute atomic E-state index is 14.1. The number of carbonyl (C=O) groups excluding carboxylic acids is 2. The maximum atomic E-state index is 14.1. The molecule has 0 heterocycles. The van der Waals surface area contributed by atoms with Gasteiger partial charge in [-0.05, 0) is 76.9 Å². The number of methoxy groups -OCH3 is 1. The summed E-state index contributed by atoms with van der Waals surface area (Å²) >= 11 is 0. The van der Waals surface area contributed by atoms with Gasteiger partial charge < -0.3 is 15.0 Å². The molecule has 3 aromatic carbocycles. The Balaban J connectivity index is 2.10. The van der Waals surface area contributed by atoms with Crippen LogP contribution in [-0.2, 0) is 26.2 Å². The summed E-state index contributed by atoms with van der Waals surface area (Å²) in [4.78, 5) is 28.8. The van der Waals surface area contributed by atoms with E-state index in [9.17, 15) is 18.0 Å². The number of sulfonamides is 1. The van der Waals surface area contributed by atoms with Crippen LogP contribution < -0.4 is 14.4 Å². The van der Waals surface area contributed by atoms with E-state index < -0.39 is 34.1 Å². The van der Waals surface area contributed by atoms with Crippen LogP contribution in [0.5, 0.6) is 5.75 Å². The lowest BCUT2D eigenvalue weighted by Gasteiger charge is -2.34. The van der Waals surface area contributed by atoms with Crippen LogP contribution in [0.4, 0.5) is 5.69 Å². The summed E-state index contributed by atoms with van der Waals surface area (Å²) in [6.45, 7) is 10.6. The van der Waals surface area contributed by atoms with Crippen molar-refractivity contribution in [2.45, 2.75) is 64.6 Å². The molecule has 3 rings (SSSR count). The predicted molar refractivity (Wildman–Crippen MR) is 158 cm³/mol. The van der Waals surface area contributed by atoms with Gasteiger partial charge in [0.05, 0.1) is 17.7 Å². The molecule has 0 aliphatic carbocycles. The first-order valence-electron chi connectivity index (χ1n) is 13.1. The molecule has 0 aromatic heterocycles. The van der Waals surface area contributed by atoms with Crippen LogP contribution in [0.2, 0.25) is 0 Å². The predicted octanol–water partition coefficient (Wildman–Crippen LogP) is 4.84. The Morgan fingerprint density at radius 1 is 0.925 bits per heavy atom. The van der Waals surface area contributed by atoms with E-state index in [-0.39, 0.29) is 23.0 Å². The fraction of sp³-hybridized carbons (Fsp3) is 0.355. The van der Waals surface area contributed by atoms with Crippen molar-refractivity contribution in [3.05, 3.63) is 89.5 Å². The number of benzene rings is 3. The first kappa shape index (κ1) is 30.7. The molecule has 0 saturated carbocycles. The van der Waals surface area contributed by atoms with Crippen LogP contribution in [0.3, 0.4) is 0 Å². The summed E-state index contributed by atoms with van der Waals surface area (Å²) < 4.78 is 34.5. The van der Waals surface area contributed by atoms with Crippen LogP contribution in [0.25, 0.3) is 0 Å². The molecule has 2 amide bonds. The van der Waals surface area contributed by atoms with Crippen molar-refractivity contribution >= 4 is 27.5 Å². The smallest absolute Gasteiger partial charge is 0.264 e. The molecule has 3 aromatic rings. The first-order chi connectivity index (χ1) is 18.7. The summed E-state index contributed by atoms with van der Waals surface area (Å²) in [5.41, 5.74) is 2.36. The third-order valence-corrected chi connectivity index (χ3v) is 8.09. The summed E-state index contributed by atoms with van der Waals surface area (Å²) in [5, 5.41) is 2.93.